The highest BCUT2D eigenvalue weighted by atomic mass is 15.2. The molecule has 0 radical (unpaired) electrons. The molecule has 2 heterocycles. The van der Waals surface area contributed by atoms with Crippen molar-refractivity contribution >= 4 is 5.82 Å². The quantitative estimate of drug-likeness (QED) is 0.813. The SMILES string of the molecule is CCc1cc(NC2CN(C)C2)ncc1C. The summed E-state index contributed by atoms with van der Waals surface area (Å²) in [4.78, 5) is 6.70. The molecule has 1 aliphatic heterocycles. The molecule has 0 bridgehead atoms. The first-order chi connectivity index (χ1) is 7.19. The van der Waals surface area contributed by atoms with E-state index in [4.69, 9.17) is 0 Å². The first-order valence-electron chi connectivity index (χ1n) is 5.59. The molecule has 82 valence electrons. The summed E-state index contributed by atoms with van der Waals surface area (Å²) < 4.78 is 0. The van der Waals surface area contributed by atoms with E-state index in [0.29, 0.717) is 6.04 Å². The van der Waals surface area contributed by atoms with Gasteiger partial charge in [-0.3, -0.25) is 0 Å². The molecule has 1 N–H and O–H groups in total. The first kappa shape index (κ1) is 10.4. The van der Waals surface area contributed by atoms with E-state index in [-0.39, 0.29) is 0 Å². The van der Waals surface area contributed by atoms with Crippen LogP contribution in [0, 0.1) is 6.92 Å². The fourth-order valence-corrected chi connectivity index (χ4v) is 2.02. The Morgan fingerprint density at radius 3 is 2.87 bits per heavy atom. The van der Waals surface area contributed by atoms with E-state index in [9.17, 15) is 0 Å². The van der Waals surface area contributed by atoms with Crippen molar-refractivity contribution in [3.63, 3.8) is 0 Å². The zero-order valence-corrected chi connectivity index (χ0v) is 9.75. The third-order valence-electron chi connectivity index (χ3n) is 3.01. The molecule has 3 heteroatoms. The summed E-state index contributed by atoms with van der Waals surface area (Å²) in [6.45, 7) is 6.55. The van der Waals surface area contributed by atoms with Crippen LogP contribution >= 0.6 is 0 Å². The normalized spacial score (nSPS) is 17.5. The van der Waals surface area contributed by atoms with Gasteiger partial charge in [0.15, 0.2) is 0 Å². The van der Waals surface area contributed by atoms with Gasteiger partial charge in [-0.25, -0.2) is 4.98 Å². The lowest BCUT2D eigenvalue weighted by atomic mass is 10.1. The van der Waals surface area contributed by atoms with Gasteiger partial charge in [-0.2, -0.15) is 0 Å². The van der Waals surface area contributed by atoms with Gasteiger partial charge >= 0.3 is 0 Å². The van der Waals surface area contributed by atoms with Crippen molar-refractivity contribution < 1.29 is 0 Å². The third-order valence-corrected chi connectivity index (χ3v) is 3.01. The molecule has 2 rings (SSSR count). The largest absolute Gasteiger partial charge is 0.365 e. The predicted octanol–water partition coefficient (Wildman–Crippen LogP) is 1.68. The highest BCUT2D eigenvalue weighted by Gasteiger charge is 2.22. The zero-order chi connectivity index (χ0) is 10.8. The Hall–Kier alpha value is -1.09. The smallest absolute Gasteiger partial charge is 0.126 e. The Labute approximate surface area is 91.5 Å². The molecule has 1 aromatic heterocycles. The molecule has 0 aliphatic carbocycles. The van der Waals surface area contributed by atoms with Crippen molar-refractivity contribution in [1.82, 2.24) is 9.88 Å². The number of rotatable bonds is 3. The molecule has 0 aromatic carbocycles. The van der Waals surface area contributed by atoms with E-state index in [1.165, 1.54) is 11.1 Å². The van der Waals surface area contributed by atoms with Crippen LogP contribution in [-0.4, -0.2) is 36.1 Å². The molecular weight excluding hydrogens is 186 g/mol. The predicted molar refractivity (Wildman–Crippen MR) is 63.3 cm³/mol. The van der Waals surface area contributed by atoms with Gasteiger partial charge in [0.25, 0.3) is 0 Å². The molecule has 0 amide bonds. The molecule has 0 spiro atoms. The highest BCUT2D eigenvalue weighted by Crippen LogP contribution is 2.15. The van der Waals surface area contributed by atoms with E-state index in [0.717, 1.165) is 25.3 Å². The Morgan fingerprint density at radius 1 is 1.53 bits per heavy atom. The summed E-state index contributed by atoms with van der Waals surface area (Å²) in [5, 5.41) is 3.46. The number of hydrogen-bond acceptors (Lipinski definition) is 3. The maximum atomic E-state index is 4.40. The van der Waals surface area contributed by atoms with Gasteiger partial charge in [0, 0.05) is 19.3 Å². The van der Waals surface area contributed by atoms with Crippen molar-refractivity contribution in [3.05, 3.63) is 23.4 Å². The summed E-state index contributed by atoms with van der Waals surface area (Å²) in [5.74, 6) is 1.02. The minimum atomic E-state index is 0.579. The molecule has 1 fully saturated rings. The Balaban J connectivity index is 2.02. The van der Waals surface area contributed by atoms with Crippen molar-refractivity contribution in [1.29, 1.82) is 0 Å². The average Bonchev–Trinajstić information content (AvgIpc) is 2.18. The number of likely N-dealkylation sites (tertiary alicyclic amines) is 1. The van der Waals surface area contributed by atoms with Gasteiger partial charge < -0.3 is 10.2 Å². The lowest BCUT2D eigenvalue weighted by Crippen LogP contribution is -2.52. The third kappa shape index (κ3) is 2.29. The molecule has 1 aromatic rings. The number of nitrogens with one attached hydrogen (secondary N) is 1. The summed E-state index contributed by atoms with van der Waals surface area (Å²) in [6, 6.07) is 2.75. The van der Waals surface area contributed by atoms with E-state index in [1.807, 2.05) is 6.20 Å². The van der Waals surface area contributed by atoms with Crippen LogP contribution in [0.4, 0.5) is 5.82 Å². The van der Waals surface area contributed by atoms with Gasteiger partial charge in [0.05, 0.1) is 6.04 Å². The summed E-state index contributed by atoms with van der Waals surface area (Å²) >= 11 is 0. The van der Waals surface area contributed by atoms with Crippen molar-refractivity contribution in [2.24, 2.45) is 0 Å². The van der Waals surface area contributed by atoms with Crippen molar-refractivity contribution in [2.45, 2.75) is 26.3 Å². The second-order valence-corrected chi connectivity index (χ2v) is 4.41. The van der Waals surface area contributed by atoms with Gasteiger partial charge in [-0.1, -0.05) is 6.92 Å². The molecule has 0 atom stereocenters. The van der Waals surface area contributed by atoms with Crippen LogP contribution < -0.4 is 5.32 Å². The van der Waals surface area contributed by atoms with E-state index in [1.54, 1.807) is 0 Å². The first-order valence-corrected chi connectivity index (χ1v) is 5.59. The van der Waals surface area contributed by atoms with Gasteiger partial charge in [0.2, 0.25) is 0 Å². The topological polar surface area (TPSA) is 28.2 Å². The number of hydrogen-bond donors (Lipinski definition) is 1. The molecule has 0 unspecified atom stereocenters. The zero-order valence-electron chi connectivity index (χ0n) is 9.75. The second kappa shape index (κ2) is 4.19. The number of aryl methyl sites for hydroxylation is 2. The monoisotopic (exact) mass is 205 g/mol. The average molecular weight is 205 g/mol. The second-order valence-electron chi connectivity index (χ2n) is 4.41. The highest BCUT2D eigenvalue weighted by molar-refractivity contribution is 5.42. The van der Waals surface area contributed by atoms with Gasteiger partial charge in [-0.05, 0) is 37.6 Å². The van der Waals surface area contributed by atoms with Crippen LogP contribution in [0.3, 0.4) is 0 Å². The maximum absolute atomic E-state index is 4.40. The van der Waals surface area contributed by atoms with Crippen LogP contribution in [0.15, 0.2) is 12.3 Å². The lowest BCUT2D eigenvalue weighted by molar-refractivity contribution is 0.205. The molecule has 0 saturated carbocycles. The Morgan fingerprint density at radius 2 is 2.27 bits per heavy atom. The number of aromatic nitrogens is 1. The van der Waals surface area contributed by atoms with Crippen molar-refractivity contribution in [2.75, 3.05) is 25.5 Å². The van der Waals surface area contributed by atoms with Crippen LogP contribution in [0.2, 0.25) is 0 Å². The molecular formula is C12H19N3. The number of anilines is 1. The number of nitrogens with zero attached hydrogens (tertiary/aromatic N) is 2. The Bertz CT molecular complexity index is 343. The van der Waals surface area contributed by atoms with Crippen LogP contribution in [0.5, 0.6) is 0 Å². The molecule has 1 saturated heterocycles. The standard InChI is InChI=1S/C12H19N3/c1-4-10-5-12(13-6-9(10)2)14-11-7-15(3)8-11/h5-6,11H,4,7-8H2,1-3H3,(H,13,14). The van der Waals surface area contributed by atoms with Gasteiger partial charge in [-0.15, -0.1) is 0 Å². The number of pyridine rings is 1. The summed E-state index contributed by atoms with van der Waals surface area (Å²) in [6.07, 6.45) is 3.04. The fourth-order valence-electron chi connectivity index (χ4n) is 2.02. The van der Waals surface area contributed by atoms with Crippen LogP contribution in [-0.2, 0) is 6.42 Å². The maximum Gasteiger partial charge on any atom is 0.126 e. The van der Waals surface area contributed by atoms with Gasteiger partial charge in [0.1, 0.15) is 5.82 Å². The number of likely N-dealkylation sites (N-methyl/N-ethyl adjacent to an activating group) is 1. The van der Waals surface area contributed by atoms with Crippen LogP contribution in [0.1, 0.15) is 18.1 Å². The minimum Gasteiger partial charge on any atom is -0.365 e. The summed E-state index contributed by atoms with van der Waals surface area (Å²) in [5.41, 5.74) is 2.67. The molecule has 1 aliphatic rings. The van der Waals surface area contributed by atoms with Crippen LogP contribution in [0.25, 0.3) is 0 Å². The summed E-state index contributed by atoms with van der Waals surface area (Å²) in [7, 11) is 2.14. The van der Waals surface area contributed by atoms with E-state index < -0.39 is 0 Å². The molecule has 15 heavy (non-hydrogen) atoms. The fraction of sp³-hybridized carbons (Fsp3) is 0.583. The van der Waals surface area contributed by atoms with Crippen molar-refractivity contribution in [3.8, 4) is 0 Å². The van der Waals surface area contributed by atoms with E-state index in [2.05, 4.69) is 42.2 Å². The van der Waals surface area contributed by atoms with E-state index >= 15 is 0 Å². The Kier molecular flexibility index (Phi) is 2.91. The lowest BCUT2D eigenvalue weighted by Gasteiger charge is -2.36. The minimum absolute atomic E-state index is 0.579. The molecule has 3 nitrogen and oxygen atoms in total.